The van der Waals surface area contributed by atoms with E-state index in [-0.39, 0.29) is 56.0 Å². The summed E-state index contributed by atoms with van der Waals surface area (Å²) in [6.07, 6.45) is 0. The Bertz CT molecular complexity index is 1050. The first kappa shape index (κ1) is 22.9. The summed E-state index contributed by atoms with van der Waals surface area (Å²) in [6, 6.07) is 13.4. The second-order valence-corrected chi connectivity index (χ2v) is 9.15. The first-order chi connectivity index (χ1) is 14.8. The van der Waals surface area contributed by atoms with Crippen LogP contribution in [0, 0.1) is 0 Å². The molecule has 0 atom stereocenters. The second-order valence-electron chi connectivity index (χ2n) is 7.21. The van der Waals surface area contributed by atoms with Gasteiger partial charge in [0.15, 0.2) is 5.78 Å². The molecule has 31 heavy (non-hydrogen) atoms. The smallest absolute Gasteiger partial charge is 0.248 e. The van der Waals surface area contributed by atoms with Crippen LogP contribution in [0.3, 0.4) is 0 Å². The van der Waals surface area contributed by atoms with E-state index in [1.165, 1.54) is 23.4 Å². The fraction of sp³-hybridized carbons (Fsp3) is 0.364. The van der Waals surface area contributed by atoms with Gasteiger partial charge in [-0.05, 0) is 36.8 Å². The highest BCUT2D eigenvalue weighted by atomic mass is 32.2. The van der Waals surface area contributed by atoms with Crippen molar-refractivity contribution in [2.75, 3.05) is 39.9 Å². The molecule has 1 heterocycles. The third kappa shape index (κ3) is 5.69. The van der Waals surface area contributed by atoms with E-state index < -0.39 is 10.0 Å². The molecule has 2 aromatic rings. The SMILES string of the molecule is COc1cccc(COCC(=O)N2CCN(S(=O)(=O)c3cccc(C(C)=O)c3)CC2)c1. The molecule has 1 amide bonds. The van der Waals surface area contributed by atoms with Gasteiger partial charge in [0.1, 0.15) is 12.4 Å². The van der Waals surface area contributed by atoms with E-state index in [4.69, 9.17) is 9.47 Å². The Balaban J connectivity index is 1.52. The van der Waals surface area contributed by atoms with Crippen LogP contribution in [0.2, 0.25) is 0 Å². The lowest BCUT2D eigenvalue weighted by Crippen LogP contribution is -2.51. The first-order valence-electron chi connectivity index (χ1n) is 9.91. The van der Waals surface area contributed by atoms with Crippen molar-refractivity contribution in [3.63, 3.8) is 0 Å². The number of nitrogens with zero attached hydrogens (tertiary/aromatic N) is 2. The quantitative estimate of drug-likeness (QED) is 0.576. The predicted molar refractivity (Wildman–Crippen MR) is 114 cm³/mol. The van der Waals surface area contributed by atoms with Gasteiger partial charge in [-0.3, -0.25) is 9.59 Å². The number of piperazine rings is 1. The summed E-state index contributed by atoms with van der Waals surface area (Å²) < 4.78 is 37.8. The summed E-state index contributed by atoms with van der Waals surface area (Å²) in [5.74, 6) is 0.346. The average Bonchev–Trinajstić information content (AvgIpc) is 2.79. The maximum absolute atomic E-state index is 12.9. The van der Waals surface area contributed by atoms with Crippen LogP contribution in [0.25, 0.3) is 0 Å². The summed E-state index contributed by atoms with van der Waals surface area (Å²) in [5, 5.41) is 0. The number of rotatable bonds is 8. The molecule has 8 nitrogen and oxygen atoms in total. The Morgan fingerprint density at radius 2 is 1.71 bits per heavy atom. The number of sulfonamides is 1. The van der Waals surface area contributed by atoms with Gasteiger partial charge in [-0.2, -0.15) is 4.31 Å². The van der Waals surface area contributed by atoms with Crippen LogP contribution in [0.1, 0.15) is 22.8 Å². The lowest BCUT2D eigenvalue weighted by molar-refractivity contribution is -0.137. The first-order valence-corrected chi connectivity index (χ1v) is 11.3. The molecule has 0 unspecified atom stereocenters. The number of hydrogen-bond donors (Lipinski definition) is 0. The Morgan fingerprint density at radius 3 is 2.39 bits per heavy atom. The summed E-state index contributed by atoms with van der Waals surface area (Å²) in [7, 11) is -2.14. The molecule has 1 fully saturated rings. The van der Waals surface area contributed by atoms with E-state index in [1.54, 1.807) is 24.1 Å². The largest absolute Gasteiger partial charge is 0.497 e. The molecule has 0 N–H and O–H groups in total. The van der Waals surface area contributed by atoms with E-state index in [9.17, 15) is 18.0 Å². The molecule has 3 rings (SSSR count). The highest BCUT2D eigenvalue weighted by molar-refractivity contribution is 7.89. The number of ether oxygens (including phenoxy) is 2. The van der Waals surface area contributed by atoms with Gasteiger partial charge < -0.3 is 14.4 Å². The number of methoxy groups -OCH3 is 1. The minimum Gasteiger partial charge on any atom is -0.497 e. The van der Waals surface area contributed by atoms with E-state index in [0.717, 1.165) is 11.3 Å². The monoisotopic (exact) mass is 446 g/mol. The van der Waals surface area contributed by atoms with Gasteiger partial charge in [0.2, 0.25) is 15.9 Å². The van der Waals surface area contributed by atoms with Crippen molar-refractivity contribution in [2.24, 2.45) is 0 Å². The number of amides is 1. The zero-order chi connectivity index (χ0) is 22.4. The van der Waals surface area contributed by atoms with Crippen molar-refractivity contribution in [3.05, 3.63) is 59.7 Å². The zero-order valence-electron chi connectivity index (χ0n) is 17.6. The van der Waals surface area contributed by atoms with Gasteiger partial charge in [0.25, 0.3) is 0 Å². The Labute approximate surface area is 182 Å². The van der Waals surface area contributed by atoms with Crippen LogP contribution in [0.5, 0.6) is 5.75 Å². The molecular weight excluding hydrogens is 420 g/mol. The third-order valence-corrected chi connectivity index (χ3v) is 6.99. The molecule has 1 aliphatic rings. The van der Waals surface area contributed by atoms with Crippen molar-refractivity contribution in [3.8, 4) is 5.75 Å². The Hall–Kier alpha value is -2.75. The fourth-order valence-corrected chi connectivity index (χ4v) is 4.78. The van der Waals surface area contributed by atoms with E-state index in [2.05, 4.69) is 0 Å². The molecule has 9 heteroatoms. The molecule has 0 radical (unpaired) electrons. The lowest BCUT2D eigenvalue weighted by atomic mass is 10.2. The summed E-state index contributed by atoms with van der Waals surface area (Å²) in [6.45, 7) is 2.54. The predicted octanol–water partition coefficient (Wildman–Crippen LogP) is 1.95. The highest BCUT2D eigenvalue weighted by Gasteiger charge is 2.30. The van der Waals surface area contributed by atoms with Crippen LogP contribution < -0.4 is 4.74 Å². The summed E-state index contributed by atoms with van der Waals surface area (Å²) in [4.78, 5) is 25.7. The van der Waals surface area contributed by atoms with Crippen molar-refractivity contribution in [1.82, 2.24) is 9.21 Å². The number of Topliss-reactive ketones (excluding diaryl/α,β-unsaturated/α-hetero) is 1. The molecule has 0 aliphatic carbocycles. The van der Waals surface area contributed by atoms with E-state index in [1.807, 2.05) is 24.3 Å². The topological polar surface area (TPSA) is 93.2 Å². The van der Waals surface area contributed by atoms with Crippen molar-refractivity contribution >= 4 is 21.7 Å². The van der Waals surface area contributed by atoms with Gasteiger partial charge >= 0.3 is 0 Å². The normalized spacial score (nSPS) is 15.0. The third-order valence-electron chi connectivity index (χ3n) is 5.10. The number of benzene rings is 2. The van der Waals surface area contributed by atoms with E-state index >= 15 is 0 Å². The zero-order valence-corrected chi connectivity index (χ0v) is 18.4. The molecule has 0 aromatic heterocycles. The summed E-state index contributed by atoms with van der Waals surface area (Å²) in [5.41, 5.74) is 1.25. The number of ketones is 1. The molecule has 0 spiro atoms. The fourth-order valence-electron chi connectivity index (χ4n) is 3.31. The Kier molecular flexibility index (Phi) is 7.42. The van der Waals surface area contributed by atoms with Crippen LogP contribution in [0.4, 0.5) is 0 Å². The number of carbonyl (C=O) groups is 2. The maximum atomic E-state index is 12.9. The second kappa shape index (κ2) is 10.0. The van der Waals surface area contributed by atoms with Crippen molar-refractivity contribution < 1.29 is 27.5 Å². The number of hydrogen-bond acceptors (Lipinski definition) is 6. The highest BCUT2D eigenvalue weighted by Crippen LogP contribution is 2.19. The molecule has 1 aliphatic heterocycles. The lowest BCUT2D eigenvalue weighted by Gasteiger charge is -2.34. The molecule has 0 saturated carbocycles. The van der Waals surface area contributed by atoms with Gasteiger partial charge in [-0.1, -0.05) is 24.3 Å². The van der Waals surface area contributed by atoms with Gasteiger partial charge in [-0.15, -0.1) is 0 Å². The average molecular weight is 447 g/mol. The Morgan fingerprint density at radius 1 is 1.00 bits per heavy atom. The van der Waals surface area contributed by atoms with Crippen molar-refractivity contribution in [2.45, 2.75) is 18.4 Å². The van der Waals surface area contributed by atoms with Crippen LogP contribution in [0.15, 0.2) is 53.4 Å². The molecular formula is C22H26N2O6S. The summed E-state index contributed by atoms with van der Waals surface area (Å²) >= 11 is 0. The molecule has 2 aromatic carbocycles. The molecule has 166 valence electrons. The minimum atomic E-state index is -3.73. The molecule has 0 bridgehead atoms. The standard InChI is InChI=1S/C22H26N2O6S/c1-17(25)19-6-4-8-21(14-19)31(27,28)24-11-9-23(10-12-24)22(26)16-30-15-18-5-3-7-20(13-18)29-2/h3-8,13-14H,9-12,15-16H2,1-2H3. The maximum Gasteiger partial charge on any atom is 0.248 e. The number of carbonyl (C=O) groups excluding carboxylic acids is 2. The van der Waals surface area contributed by atoms with Crippen molar-refractivity contribution in [1.29, 1.82) is 0 Å². The van der Waals surface area contributed by atoms with E-state index in [0.29, 0.717) is 5.56 Å². The van der Waals surface area contributed by atoms with Crippen LogP contribution in [-0.4, -0.2) is 69.2 Å². The minimum absolute atomic E-state index is 0.0788. The molecule has 1 saturated heterocycles. The van der Waals surface area contributed by atoms with Gasteiger partial charge in [-0.25, -0.2) is 8.42 Å². The van der Waals surface area contributed by atoms with Crippen LogP contribution in [-0.2, 0) is 26.2 Å². The van der Waals surface area contributed by atoms with Crippen LogP contribution >= 0.6 is 0 Å². The van der Waals surface area contributed by atoms with Gasteiger partial charge in [0, 0.05) is 31.7 Å². The van der Waals surface area contributed by atoms with Gasteiger partial charge in [0.05, 0.1) is 18.6 Å².